The molecule has 1 fully saturated rings. The second kappa shape index (κ2) is 8.18. The van der Waals surface area contributed by atoms with Crippen molar-refractivity contribution < 1.29 is 14.6 Å². The smallest absolute Gasteiger partial charge is 0.123 e. The summed E-state index contributed by atoms with van der Waals surface area (Å²) >= 11 is 0. The van der Waals surface area contributed by atoms with E-state index in [0.717, 1.165) is 23.6 Å². The number of methoxy groups -OCH3 is 1. The molecule has 24 heavy (non-hydrogen) atoms. The molecule has 0 amide bonds. The van der Waals surface area contributed by atoms with Crippen LogP contribution in [0.2, 0.25) is 0 Å². The molecule has 0 aromatic heterocycles. The zero-order valence-corrected chi connectivity index (χ0v) is 14.1. The third-order valence-corrected chi connectivity index (χ3v) is 4.26. The van der Waals surface area contributed by atoms with Crippen molar-refractivity contribution in [1.29, 1.82) is 0 Å². The van der Waals surface area contributed by atoms with Crippen LogP contribution in [0.5, 0.6) is 11.5 Å². The maximum atomic E-state index is 10.4. The highest BCUT2D eigenvalue weighted by Gasteiger charge is 2.30. The largest absolute Gasteiger partial charge is 0.496 e. The van der Waals surface area contributed by atoms with Gasteiger partial charge in [0.2, 0.25) is 0 Å². The summed E-state index contributed by atoms with van der Waals surface area (Å²) in [7, 11) is 1.70. The van der Waals surface area contributed by atoms with Gasteiger partial charge in [0.1, 0.15) is 24.2 Å². The number of nitrogens with zero attached hydrogens (tertiary/aromatic N) is 1. The average molecular weight is 327 g/mol. The van der Waals surface area contributed by atoms with E-state index in [9.17, 15) is 5.11 Å². The minimum Gasteiger partial charge on any atom is -0.496 e. The molecular formula is C20H25NO3. The number of aliphatic hydroxyl groups is 1. The van der Waals surface area contributed by atoms with Crippen LogP contribution in [0.3, 0.4) is 0 Å². The quantitative estimate of drug-likeness (QED) is 0.768. The lowest BCUT2D eigenvalue weighted by atomic mass is 10.1. The number of ether oxygens (including phenoxy) is 2. The monoisotopic (exact) mass is 327 g/mol. The van der Waals surface area contributed by atoms with Crippen molar-refractivity contribution in [3.8, 4) is 11.5 Å². The van der Waals surface area contributed by atoms with Gasteiger partial charge in [-0.2, -0.15) is 0 Å². The van der Waals surface area contributed by atoms with Gasteiger partial charge in [0.15, 0.2) is 0 Å². The minimum atomic E-state index is -0.513. The third-order valence-electron chi connectivity index (χ3n) is 4.26. The Hall–Kier alpha value is -2.04. The van der Waals surface area contributed by atoms with E-state index >= 15 is 0 Å². The van der Waals surface area contributed by atoms with Gasteiger partial charge in [0.25, 0.3) is 0 Å². The lowest BCUT2D eigenvalue weighted by Crippen LogP contribution is -2.36. The molecule has 0 bridgehead atoms. The predicted octanol–water partition coefficient (Wildman–Crippen LogP) is 3.10. The first kappa shape index (κ1) is 16.8. The molecule has 0 radical (unpaired) electrons. The first-order chi connectivity index (χ1) is 11.8. The lowest BCUT2D eigenvalue weighted by Gasteiger charge is -2.25. The summed E-state index contributed by atoms with van der Waals surface area (Å²) in [5.41, 5.74) is 1.16. The third kappa shape index (κ3) is 4.73. The summed E-state index contributed by atoms with van der Waals surface area (Å²) < 4.78 is 11.1. The van der Waals surface area contributed by atoms with Gasteiger partial charge in [-0.05, 0) is 31.0 Å². The summed E-state index contributed by atoms with van der Waals surface area (Å²) in [5, 5.41) is 10.4. The Bertz CT molecular complexity index is 628. The van der Waals surface area contributed by atoms with Crippen LogP contribution in [-0.4, -0.2) is 42.4 Å². The molecule has 1 aliphatic carbocycles. The van der Waals surface area contributed by atoms with Crippen molar-refractivity contribution in [2.75, 3.05) is 20.3 Å². The molecule has 0 spiro atoms. The molecule has 1 unspecified atom stereocenters. The second-order valence-electron chi connectivity index (χ2n) is 6.25. The normalized spacial score (nSPS) is 15.3. The van der Waals surface area contributed by atoms with Gasteiger partial charge in [-0.25, -0.2) is 0 Å². The summed E-state index contributed by atoms with van der Waals surface area (Å²) in [6.07, 6.45) is 1.88. The number of aliphatic hydroxyl groups excluding tert-OH is 1. The summed E-state index contributed by atoms with van der Waals surface area (Å²) in [6.45, 7) is 1.70. The first-order valence-electron chi connectivity index (χ1n) is 8.48. The van der Waals surface area contributed by atoms with Crippen molar-refractivity contribution in [1.82, 2.24) is 4.90 Å². The molecule has 3 rings (SSSR count). The van der Waals surface area contributed by atoms with Crippen molar-refractivity contribution in [2.45, 2.75) is 31.5 Å². The van der Waals surface area contributed by atoms with Crippen LogP contribution in [0.4, 0.5) is 0 Å². The Morgan fingerprint density at radius 3 is 2.50 bits per heavy atom. The molecule has 128 valence electrons. The van der Waals surface area contributed by atoms with Crippen molar-refractivity contribution >= 4 is 0 Å². The number of hydrogen-bond acceptors (Lipinski definition) is 4. The Kier molecular flexibility index (Phi) is 5.72. The highest BCUT2D eigenvalue weighted by Crippen LogP contribution is 2.30. The van der Waals surface area contributed by atoms with Gasteiger partial charge >= 0.3 is 0 Å². The Morgan fingerprint density at radius 1 is 1.08 bits per heavy atom. The molecule has 0 saturated heterocycles. The lowest BCUT2D eigenvalue weighted by molar-refractivity contribution is 0.0623. The van der Waals surface area contributed by atoms with Gasteiger partial charge < -0.3 is 14.6 Å². The van der Waals surface area contributed by atoms with E-state index < -0.39 is 6.10 Å². The van der Waals surface area contributed by atoms with Crippen LogP contribution in [0.15, 0.2) is 54.6 Å². The molecular weight excluding hydrogens is 302 g/mol. The van der Waals surface area contributed by atoms with Crippen LogP contribution in [0.1, 0.15) is 18.4 Å². The van der Waals surface area contributed by atoms with Crippen molar-refractivity contribution in [2.24, 2.45) is 0 Å². The van der Waals surface area contributed by atoms with Gasteiger partial charge in [0.05, 0.1) is 7.11 Å². The molecule has 1 saturated carbocycles. The zero-order valence-electron chi connectivity index (χ0n) is 14.1. The van der Waals surface area contributed by atoms with Crippen LogP contribution in [-0.2, 0) is 6.54 Å². The molecule has 0 heterocycles. The van der Waals surface area contributed by atoms with E-state index in [-0.39, 0.29) is 0 Å². The fourth-order valence-electron chi connectivity index (χ4n) is 2.87. The number of rotatable bonds is 9. The summed E-state index contributed by atoms with van der Waals surface area (Å²) in [6, 6.07) is 18.2. The summed E-state index contributed by atoms with van der Waals surface area (Å²) in [5.74, 6) is 1.69. The average Bonchev–Trinajstić information content (AvgIpc) is 3.46. The molecule has 1 atom stereocenters. The molecule has 1 N–H and O–H groups in total. The minimum absolute atomic E-state index is 0.305. The van der Waals surface area contributed by atoms with E-state index in [2.05, 4.69) is 11.0 Å². The van der Waals surface area contributed by atoms with Gasteiger partial charge in [-0.1, -0.05) is 36.4 Å². The molecule has 2 aromatic rings. The van der Waals surface area contributed by atoms with Gasteiger partial charge in [0, 0.05) is 24.7 Å². The topological polar surface area (TPSA) is 41.9 Å². The van der Waals surface area contributed by atoms with E-state index in [4.69, 9.17) is 9.47 Å². The molecule has 4 heteroatoms. The first-order valence-corrected chi connectivity index (χ1v) is 8.48. The Balaban J connectivity index is 1.56. The summed E-state index contributed by atoms with van der Waals surface area (Å²) in [4.78, 5) is 2.33. The van der Waals surface area contributed by atoms with E-state index in [1.807, 2.05) is 48.5 Å². The molecule has 4 nitrogen and oxygen atoms in total. The van der Waals surface area contributed by atoms with Crippen LogP contribution in [0.25, 0.3) is 0 Å². The van der Waals surface area contributed by atoms with E-state index in [0.29, 0.717) is 19.2 Å². The SMILES string of the molecule is COc1ccccc1CN(CC(O)COc1ccccc1)C1CC1. The maximum Gasteiger partial charge on any atom is 0.123 e. The fourth-order valence-corrected chi connectivity index (χ4v) is 2.87. The van der Waals surface area contributed by atoms with Gasteiger partial charge in [-0.15, -0.1) is 0 Å². The molecule has 0 aliphatic heterocycles. The number of hydrogen-bond donors (Lipinski definition) is 1. The van der Waals surface area contributed by atoms with Crippen molar-refractivity contribution in [3.63, 3.8) is 0 Å². The Labute approximate surface area is 143 Å². The maximum absolute atomic E-state index is 10.4. The van der Waals surface area contributed by atoms with Gasteiger partial charge in [-0.3, -0.25) is 4.90 Å². The van der Waals surface area contributed by atoms with Crippen LogP contribution >= 0.6 is 0 Å². The number of para-hydroxylation sites is 2. The zero-order chi connectivity index (χ0) is 16.8. The number of benzene rings is 2. The highest BCUT2D eigenvalue weighted by molar-refractivity contribution is 5.33. The molecule has 2 aromatic carbocycles. The predicted molar refractivity (Wildman–Crippen MR) is 94.4 cm³/mol. The fraction of sp³-hybridized carbons (Fsp3) is 0.400. The van der Waals surface area contributed by atoms with E-state index in [1.54, 1.807) is 7.11 Å². The van der Waals surface area contributed by atoms with Crippen LogP contribution < -0.4 is 9.47 Å². The molecule has 1 aliphatic rings. The standard InChI is InChI=1S/C20H25NO3/c1-23-20-10-6-5-7-16(20)13-21(17-11-12-17)14-18(22)15-24-19-8-3-2-4-9-19/h2-10,17-18,22H,11-15H2,1H3. The Morgan fingerprint density at radius 2 is 1.79 bits per heavy atom. The second-order valence-corrected chi connectivity index (χ2v) is 6.25. The highest BCUT2D eigenvalue weighted by atomic mass is 16.5. The van der Waals surface area contributed by atoms with Crippen LogP contribution in [0, 0.1) is 0 Å². The van der Waals surface area contributed by atoms with Crippen molar-refractivity contribution in [3.05, 3.63) is 60.2 Å². The van der Waals surface area contributed by atoms with E-state index in [1.165, 1.54) is 12.8 Å².